The number of carbonyl (C=O) groups excluding carboxylic acids is 2. The average Bonchev–Trinajstić information content (AvgIpc) is 2.68. The second-order valence-corrected chi connectivity index (χ2v) is 6.89. The fourth-order valence-corrected chi connectivity index (χ4v) is 3.06. The fraction of sp³-hybridized carbons (Fsp3) is 0.333. The molecule has 8 heteroatoms. The van der Waals surface area contributed by atoms with Crippen LogP contribution in [0.3, 0.4) is 0 Å². The molecule has 1 heterocycles. The van der Waals surface area contributed by atoms with Gasteiger partial charge in [-0.2, -0.15) is 0 Å². The Balaban J connectivity index is 1.82. The van der Waals surface area contributed by atoms with Crippen LogP contribution in [-0.2, 0) is 4.79 Å². The lowest BCUT2D eigenvalue weighted by atomic mass is 10.1. The van der Waals surface area contributed by atoms with Crippen molar-refractivity contribution >= 4 is 34.8 Å². The number of ether oxygens (including phenoxy) is 3. The predicted octanol–water partition coefficient (Wildman–Crippen LogP) is 4.50. The summed E-state index contributed by atoms with van der Waals surface area (Å²) in [5.41, 5.74) is 1.34. The van der Waals surface area contributed by atoms with Crippen molar-refractivity contribution in [1.82, 2.24) is 0 Å². The molecule has 1 atom stereocenters. The Hall–Kier alpha value is -2.93. The molecule has 0 saturated heterocycles. The van der Waals surface area contributed by atoms with Gasteiger partial charge in [-0.25, -0.2) is 0 Å². The first-order valence-corrected chi connectivity index (χ1v) is 9.82. The van der Waals surface area contributed by atoms with E-state index in [9.17, 15) is 9.59 Å². The first-order valence-electron chi connectivity index (χ1n) is 9.45. The third kappa shape index (κ3) is 4.74. The SMILES string of the molecule is CCCOc1c(Cl)cc(C(=O)Nc2ccc3c(c2)NC(=O)[C@H](C)O3)cc1OCC. The zero-order chi connectivity index (χ0) is 21.0. The predicted molar refractivity (Wildman–Crippen MR) is 112 cm³/mol. The van der Waals surface area contributed by atoms with Crippen molar-refractivity contribution in [2.75, 3.05) is 23.8 Å². The zero-order valence-electron chi connectivity index (χ0n) is 16.5. The van der Waals surface area contributed by atoms with Gasteiger partial charge in [0.15, 0.2) is 17.6 Å². The van der Waals surface area contributed by atoms with Gasteiger partial charge in [0.2, 0.25) is 0 Å². The minimum absolute atomic E-state index is 0.239. The molecule has 1 aliphatic rings. The molecule has 2 aromatic rings. The summed E-state index contributed by atoms with van der Waals surface area (Å²) < 4.78 is 16.8. The summed E-state index contributed by atoms with van der Waals surface area (Å²) in [4.78, 5) is 24.5. The molecule has 154 valence electrons. The van der Waals surface area contributed by atoms with Crippen LogP contribution in [0.25, 0.3) is 0 Å². The molecule has 0 fully saturated rings. The highest BCUT2D eigenvalue weighted by Crippen LogP contribution is 2.37. The molecule has 1 aliphatic heterocycles. The van der Waals surface area contributed by atoms with E-state index in [1.54, 1.807) is 31.2 Å². The summed E-state index contributed by atoms with van der Waals surface area (Å²) in [5, 5.41) is 5.85. The lowest BCUT2D eigenvalue weighted by molar-refractivity contribution is -0.122. The number of benzene rings is 2. The molecule has 2 aromatic carbocycles. The number of fused-ring (bicyclic) bond motifs is 1. The number of halogens is 1. The molecular weight excluding hydrogens is 396 g/mol. The van der Waals surface area contributed by atoms with Crippen molar-refractivity contribution in [3.8, 4) is 17.2 Å². The standard InChI is InChI=1S/C21H23ClN2O5/c1-4-8-28-19-15(22)9-13(10-18(19)27-5-2)21(26)23-14-6-7-17-16(11-14)24-20(25)12(3)29-17/h6-7,9-12H,4-5,8H2,1-3H3,(H,23,26)(H,24,25)/t12-/m0/s1. The van der Waals surface area contributed by atoms with Crippen LogP contribution in [0.4, 0.5) is 11.4 Å². The monoisotopic (exact) mass is 418 g/mol. The van der Waals surface area contributed by atoms with E-state index in [1.165, 1.54) is 6.07 Å². The molecule has 0 bridgehead atoms. The first kappa shape index (κ1) is 20.8. The molecule has 29 heavy (non-hydrogen) atoms. The highest BCUT2D eigenvalue weighted by molar-refractivity contribution is 6.32. The van der Waals surface area contributed by atoms with Gasteiger partial charge in [0.1, 0.15) is 5.75 Å². The van der Waals surface area contributed by atoms with E-state index in [4.69, 9.17) is 25.8 Å². The molecular formula is C21H23ClN2O5. The lowest BCUT2D eigenvalue weighted by Gasteiger charge is -2.23. The Kier molecular flexibility index (Phi) is 6.49. The number of hydrogen-bond acceptors (Lipinski definition) is 5. The summed E-state index contributed by atoms with van der Waals surface area (Å²) in [6.45, 7) is 6.40. The average molecular weight is 419 g/mol. The van der Waals surface area contributed by atoms with Crippen molar-refractivity contribution in [1.29, 1.82) is 0 Å². The van der Waals surface area contributed by atoms with Crippen LogP contribution in [0, 0.1) is 0 Å². The van der Waals surface area contributed by atoms with E-state index >= 15 is 0 Å². The van der Waals surface area contributed by atoms with Crippen LogP contribution in [0.1, 0.15) is 37.6 Å². The second kappa shape index (κ2) is 9.05. The van der Waals surface area contributed by atoms with E-state index in [-0.39, 0.29) is 11.8 Å². The van der Waals surface area contributed by atoms with E-state index in [0.717, 1.165) is 6.42 Å². The summed E-state index contributed by atoms with van der Waals surface area (Å²) in [7, 11) is 0. The normalized spacial score (nSPS) is 15.0. The van der Waals surface area contributed by atoms with Gasteiger partial charge >= 0.3 is 0 Å². The maximum atomic E-state index is 12.7. The summed E-state index contributed by atoms with van der Waals surface area (Å²) in [5.74, 6) is 0.783. The highest BCUT2D eigenvalue weighted by Gasteiger charge is 2.24. The minimum Gasteiger partial charge on any atom is -0.490 e. The molecule has 2 N–H and O–H groups in total. The zero-order valence-corrected chi connectivity index (χ0v) is 17.3. The third-order valence-electron chi connectivity index (χ3n) is 4.19. The molecule has 7 nitrogen and oxygen atoms in total. The van der Waals surface area contributed by atoms with Gasteiger partial charge in [-0.3, -0.25) is 9.59 Å². The van der Waals surface area contributed by atoms with Crippen molar-refractivity contribution < 1.29 is 23.8 Å². The molecule has 0 saturated carbocycles. The smallest absolute Gasteiger partial charge is 0.265 e. The molecule has 0 aliphatic carbocycles. The number of amides is 2. The molecule has 0 spiro atoms. The molecule has 0 aromatic heterocycles. The lowest BCUT2D eigenvalue weighted by Crippen LogP contribution is -2.34. The Morgan fingerprint density at radius 1 is 1.24 bits per heavy atom. The Morgan fingerprint density at radius 3 is 2.76 bits per heavy atom. The molecule has 3 rings (SSSR count). The topological polar surface area (TPSA) is 85.9 Å². The van der Waals surface area contributed by atoms with Crippen molar-refractivity contribution in [2.24, 2.45) is 0 Å². The highest BCUT2D eigenvalue weighted by atomic mass is 35.5. The van der Waals surface area contributed by atoms with E-state index in [0.29, 0.717) is 52.4 Å². The van der Waals surface area contributed by atoms with Gasteiger partial charge in [0.05, 0.1) is 23.9 Å². The summed E-state index contributed by atoms with van der Waals surface area (Å²) in [6.07, 6.45) is 0.261. The number of hydrogen-bond donors (Lipinski definition) is 2. The van der Waals surface area contributed by atoms with Crippen molar-refractivity contribution in [3.05, 3.63) is 40.9 Å². The van der Waals surface area contributed by atoms with Gasteiger partial charge < -0.3 is 24.8 Å². The molecule has 2 amide bonds. The van der Waals surface area contributed by atoms with E-state index < -0.39 is 6.10 Å². The van der Waals surface area contributed by atoms with Crippen LogP contribution < -0.4 is 24.8 Å². The maximum Gasteiger partial charge on any atom is 0.265 e. The van der Waals surface area contributed by atoms with Crippen molar-refractivity contribution in [2.45, 2.75) is 33.3 Å². The van der Waals surface area contributed by atoms with Gasteiger partial charge in [-0.05, 0) is 50.6 Å². The van der Waals surface area contributed by atoms with Crippen LogP contribution in [0.15, 0.2) is 30.3 Å². The van der Waals surface area contributed by atoms with Gasteiger partial charge in [-0.15, -0.1) is 0 Å². The Bertz CT molecular complexity index is 932. The van der Waals surface area contributed by atoms with Gasteiger partial charge in [0.25, 0.3) is 11.8 Å². The van der Waals surface area contributed by atoms with Crippen molar-refractivity contribution in [3.63, 3.8) is 0 Å². The van der Waals surface area contributed by atoms with E-state index in [1.807, 2.05) is 13.8 Å². The first-order chi connectivity index (χ1) is 13.9. The summed E-state index contributed by atoms with van der Waals surface area (Å²) >= 11 is 6.33. The molecule has 0 unspecified atom stereocenters. The van der Waals surface area contributed by atoms with E-state index in [2.05, 4.69) is 10.6 Å². The second-order valence-electron chi connectivity index (χ2n) is 6.48. The van der Waals surface area contributed by atoms with Crippen LogP contribution in [0.2, 0.25) is 5.02 Å². The largest absolute Gasteiger partial charge is 0.490 e. The van der Waals surface area contributed by atoms with Crippen LogP contribution in [0.5, 0.6) is 17.2 Å². The Morgan fingerprint density at radius 2 is 2.03 bits per heavy atom. The number of rotatable bonds is 7. The van der Waals surface area contributed by atoms with Gasteiger partial charge in [0, 0.05) is 11.3 Å². The van der Waals surface area contributed by atoms with Crippen LogP contribution in [-0.4, -0.2) is 31.1 Å². The number of nitrogens with one attached hydrogen (secondary N) is 2. The number of carbonyl (C=O) groups is 2. The summed E-state index contributed by atoms with van der Waals surface area (Å²) in [6, 6.07) is 8.17. The quantitative estimate of drug-likeness (QED) is 0.691. The minimum atomic E-state index is -0.560. The maximum absolute atomic E-state index is 12.7. The third-order valence-corrected chi connectivity index (χ3v) is 4.47. The van der Waals surface area contributed by atoms with Crippen LogP contribution >= 0.6 is 11.6 Å². The number of anilines is 2. The van der Waals surface area contributed by atoms with Gasteiger partial charge in [-0.1, -0.05) is 18.5 Å². The molecule has 0 radical (unpaired) electrons. The fourth-order valence-electron chi connectivity index (χ4n) is 2.80. The Labute approximate surface area is 174 Å².